The number of aliphatic carboxylic acids is 1. The first-order chi connectivity index (χ1) is 26.6. The third-order valence-electron chi connectivity index (χ3n) is 13.9. The molecule has 1 rings (SSSR count). The van der Waals surface area contributed by atoms with Crippen LogP contribution in [-0.4, -0.2) is 65.1 Å². The number of ketones is 1. The number of terminal acetylenes is 1. The summed E-state index contributed by atoms with van der Waals surface area (Å²) in [5, 5.41) is 9.93. The Bertz CT molecular complexity index is 1600. The molecule has 336 valence electrons. The molecule has 5 atom stereocenters. The Hall–Kier alpha value is -2.14. The summed E-state index contributed by atoms with van der Waals surface area (Å²) in [4.78, 5) is 32.0. The van der Waals surface area contributed by atoms with E-state index in [4.69, 9.17) is 19.7 Å². The van der Waals surface area contributed by atoms with Crippen molar-refractivity contribution < 1.29 is 28.0 Å². The van der Waals surface area contributed by atoms with Gasteiger partial charge in [-0.3, -0.25) is 14.6 Å². The molecule has 0 saturated heterocycles. The number of allylic oxidation sites excluding steroid dienone is 1. The molecule has 1 aromatic heterocycles. The third-order valence-corrected chi connectivity index (χ3v) is 27.3. The summed E-state index contributed by atoms with van der Waals surface area (Å²) in [6.07, 6.45) is 15.1. The van der Waals surface area contributed by atoms with Crippen LogP contribution in [0.3, 0.4) is 0 Å². The van der Waals surface area contributed by atoms with Crippen LogP contribution in [0, 0.1) is 29.6 Å². The van der Waals surface area contributed by atoms with E-state index in [1.54, 1.807) is 0 Å². The fourth-order valence-corrected chi connectivity index (χ4v) is 10.7. The Morgan fingerprint density at radius 3 is 1.83 bits per heavy atom. The maximum Gasteiger partial charge on any atom is 0.305 e. The number of hydrogen-bond acceptors (Lipinski definition) is 6. The molecule has 0 fully saturated rings. The van der Waals surface area contributed by atoms with Crippen LogP contribution in [0.4, 0.5) is 0 Å². The van der Waals surface area contributed by atoms with E-state index in [0.29, 0.717) is 12.8 Å². The molecule has 0 unspecified atom stereocenters. The zero-order valence-corrected chi connectivity index (χ0v) is 44.3. The molecule has 1 N–H and O–H groups in total. The van der Waals surface area contributed by atoms with Crippen molar-refractivity contribution in [2.24, 2.45) is 17.3 Å². The lowest BCUT2D eigenvalue weighted by Crippen LogP contribution is -2.55. The number of carboxylic acid groups (broad SMARTS) is 1. The highest BCUT2D eigenvalue weighted by Crippen LogP contribution is 2.45. The predicted molar refractivity (Wildman–Crippen MR) is 258 cm³/mol. The van der Waals surface area contributed by atoms with Crippen LogP contribution < -0.4 is 0 Å². The number of Topliss-reactive ketones (excluding diaryl/α,β-unsaturated/α-hetero) is 1. The van der Waals surface area contributed by atoms with E-state index >= 15 is 4.79 Å². The molecule has 0 amide bonds. The highest BCUT2D eigenvalue weighted by atomic mass is 28.4. The monoisotopic (exact) mass is 870 g/mol. The summed E-state index contributed by atoms with van der Waals surface area (Å²) in [5.41, 5.74) is 2.32. The van der Waals surface area contributed by atoms with E-state index in [1.807, 2.05) is 38.2 Å². The van der Waals surface area contributed by atoms with Crippen LogP contribution >= 0.6 is 0 Å². The Morgan fingerprint density at radius 2 is 1.36 bits per heavy atom. The van der Waals surface area contributed by atoms with Gasteiger partial charge in [-0.15, -0.1) is 12.3 Å². The topological polar surface area (TPSA) is 95.0 Å². The molecule has 0 aliphatic carbocycles. The van der Waals surface area contributed by atoms with Gasteiger partial charge < -0.3 is 18.4 Å². The molecule has 0 saturated carbocycles. The highest BCUT2D eigenvalue weighted by molar-refractivity contribution is 6.75. The second-order valence-corrected chi connectivity index (χ2v) is 36.7. The molecule has 1 aromatic rings. The van der Waals surface area contributed by atoms with Gasteiger partial charge in [0.15, 0.2) is 25.0 Å². The molecule has 10 heteroatoms. The summed E-state index contributed by atoms with van der Waals surface area (Å²) in [6, 6.07) is 5.98. The third kappa shape index (κ3) is 16.6. The van der Waals surface area contributed by atoms with E-state index < -0.39 is 48.4 Å². The molecular formula is C49H87NO6Si3. The minimum absolute atomic E-state index is 0.0220. The minimum atomic E-state index is -2.44. The van der Waals surface area contributed by atoms with Crippen LogP contribution in [-0.2, 0) is 22.9 Å². The lowest BCUT2D eigenvalue weighted by atomic mass is 9.71. The number of carbonyl (C=O) groups is 2. The largest absolute Gasteiger partial charge is 0.481 e. The van der Waals surface area contributed by atoms with E-state index in [0.717, 1.165) is 31.4 Å². The van der Waals surface area contributed by atoms with Crippen LogP contribution in [0.15, 0.2) is 41.6 Å². The molecule has 7 nitrogen and oxygen atoms in total. The van der Waals surface area contributed by atoms with Gasteiger partial charge in [0.2, 0.25) is 0 Å². The molecule has 0 spiro atoms. The van der Waals surface area contributed by atoms with Gasteiger partial charge >= 0.3 is 5.97 Å². The van der Waals surface area contributed by atoms with E-state index in [2.05, 4.69) is 145 Å². The van der Waals surface area contributed by atoms with Crippen molar-refractivity contribution in [2.45, 2.75) is 215 Å². The summed E-state index contributed by atoms with van der Waals surface area (Å²) >= 11 is 0. The van der Waals surface area contributed by atoms with Crippen LogP contribution in [0.25, 0.3) is 6.08 Å². The molecule has 1 heterocycles. The Balaban J connectivity index is 3.55. The maximum atomic E-state index is 15.2. The Labute approximate surface area is 365 Å². The van der Waals surface area contributed by atoms with Gasteiger partial charge in [-0.1, -0.05) is 101 Å². The van der Waals surface area contributed by atoms with Crippen molar-refractivity contribution in [3.63, 3.8) is 0 Å². The average Bonchev–Trinajstić information content (AvgIpc) is 3.07. The fraction of sp³-hybridized carbons (Fsp3) is 0.735. The van der Waals surface area contributed by atoms with Gasteiger partial charge in [0.05, 0.1) is 30.4 Å². The summed E-state index contributed by atoms with van der Waals surface area (Å²) < 4.78 is 21.1. The van der Waals surface area contributed by atoms with Crippen LogP contribution in [0.1, 0.15) is 148 Å². The normalized spacial score (nSPS) is 16.9. The maximum absolute atomic E-state index is 15.2. The number of carboxylic acids is 1. The van der Waals surface area contributed by atoms with Crippen molar-refractivity contribution in [1.29, 1.82) is 0 Å². The summed E-state index contributed by atoms with van der Waals surface area (Å²) in [6.45, 7) is 43.6. The van der Waals surface area contributed by atoms with Gasteiger partial charge in [-0.25, -0.2) is 0 Å². The number of nitrogens with zero attached hydrogens (tertiary/aromatic N) is 1. The predicted octanol–water partition coefficient (Wildman–Crippen LogP) is 13.9. The van der Waals surface area contributed by atoms with E-state index in [9.17, 15) is 9.90 Å². The average molecular weight is 870 g/mol. The van der Waals surface area contributed by atoms with E-state index in [-0.39, 0.29) is 45.4 Å². The van der Waals surface area contributed by atoms with Crippen LogP contribution in [0.5, 0.6) is 0 Å². The first-order valence-corrected chi connectivity index (χ1v) is 30.8. The summed E-state index contributed by atoms with van der Waals surface area (Å²) in [7, 11) is -6.87. The van der Waals surface area contributed by atoms with Gasteiger partial charge in [0, 0.05) is 24.0 Å². The molecule has 0 bridgehead atoms. The van der Waals surface area contributed by atoms with Gasteiger partial charge in [0.25, 0.3) is 0 Å². The summed E-state index contributed by atoms with van der Waals surface area (Å²) in [5.74, 6) is 1.34. The molecule has 0 aliphatic heterocycles. The Morgan fingerprint density at radius 1 is 0.831 bits per heavy atom. The smallest absolute Gasteiger partial charge is 0.305 e. The van der Waals surface area contributed by atoms with Crippen molar-refractivity contribution in [1.82, 2.24) is 4.98 Å². The van der Waals surface area contributed by atoms with E-state index in [1.165, 1.54) is 11.1 Å². The zero-order valence-electron chi connectivity index (χ0n) is 41.3. The lowest BCUT2D eigenvalue weighted by Gasteiger charge is -2.47. The highest BCUT2D eigenvalue weighted by Gasteiger charge is 2.51. The zero-order chi connectivity index (χ0) is 46.0. The van der Waals surface area contributed by atoms with Crippen molar-refractivity contribution >= 4 is 42.8 Å². The molecular weight excluding hydrogens is 783 g/mol. The van der Waals surface area contributed by atoms with Gasteiger partial charge in [0.1, 0.15) is 5.78 Å². The van der Waals surface area contributed by atoms with Gasteiger partial charge in [-0.2, -0.15) is 0 Å². The fourth-order valence-electron chi connectivity index (χ4n) is 6.49. The van der Waals surface area contributed by atoms with Crippen molar-refractivity contribution in [3.8, 4) is 12.3 Å². The van der Waals surface area contributed by atoms with Crippen molar-refractivity contribution in [3.05, 3.63) is 47.3 Å². The van der Waals surface area contributed by atoms with Crippen LogP contribution in [0.2, 0.25) is 54.4 Å². The second kappa shape index (κ2) is 21.8. The molecule has 0 aliphatic rings. The van der Waals surface area contributed by atoms with Crippen molar-refractivity contribution in [2.75, 3.05) is 0 Å². The quantitative estimate of drug-likeness (QED) is 0.0665. The SMILES string of the molecule is C#CCC[C@@H](C(=O)C(C)(C)[C@H](CC(=O)O)O[Si](C)(C)C(C)(C)C)[C@@H](O[Si](C)(C)C(C)(C)C)[C@@H](C)CCC/C(C)=C\C[C@H](O[Si](C)(C)C(C)(C)C)/C(C)=C/c1ccccn1. The lowest BCUT2D eigenvalue weighted by molar-refractivity contribution is -0.147. The second-order valence-electron chi connectivity index (χ2n) is 22.4. The minimum Gasteiger partial charge on any atom is -0.481 e. The molecule has 0 radical (unpaired) electrons. The molecule has 59 heavy (non-hydrogen) atoms. The first kappa shape index (κ1) is 54.9. The Kier molecular flexibility index (Phi) is 20.3. The number of rotatable bonds is 23. The first-order valence-electron chi connectivity index (χ1n) is 22.1. The number of carbonyl (C=O) groups excluding carboxylic acids is 1. The number of pyridine rings is 1. The standard InChI is InChI=1S/C49H87NO6Si3/c1-22-23-30-40(45(53)49(14,15)42(35-43(51)52)55-58(18,19)47(8,9)10)44(56-59(20,21)48(11,12)13)37(3)28-26-27-36(2)31-32-41(54-57(16,17)46(5,6)7)38(4)34-39-29-24-25-33-50-39/h1,24-25,29,31,33-34,37,40-42,44H,23,26-28,30,32,35H2,2-21H3,(H,51,52)/b36-31-,38-34+/t37-,40+,41-,42-,44-/m0/s1. The van der Waals surface area contributed by atoms with Gasteiger partial charge in [-0.05, 0) is 130 Å². The number of aromatic nitrogens is 1. The molecule has 0 aromatic carbocycles. The number of hydrogen-bond donors (Lipinski definition) is 1.